The number of Topliss-reactive ketones (excluding diaryl/α,β-unsaturated/α-hetero) is 2. The van der Waals surface area contributed by atoms with E-state index >= 15 is 0 Å². The summed E-state index contributed by atoms with van der Waals surface area (Å²) < 4.78 is 26.7. The molecule has 0 heterocycles. The third-order valence-electron chi connectivity index (χ3n) is 5.62. The van der Waals surface area contributed by atoms with Gasteiger partial charge in [0, 0.05) is 35.1 Å². The number of phenolic OH excluding ortho intramolecular Hbond substituents is 2. The van der Waals surface area contributed by atoms with E-state index in [1.54, 1.807) is 60.7 Å². The van der Waals surface area contributed by atoms with Crippen LogP contribution in [0.5, 0.6) is 11.5 Å². The second-order valence-corrected chi connectivity index (χ2v) is 9.97. The minimum absolute atomic E-state index is 0.114. The maximum Gasteiger partial charge on any atom is 0.206 e. The van der Waals surface area contributed by atoms with E-state index in [1.165, 1.54) is 36.4 Å². The highest BCUT2D eigenvalue weighted by Gasteiger charge is 2.22. The van der Waals surface area contributed by atoms with Crippen LogP contribution >= 0.6 is 0 Å². The van der Waals surface area contributed by atoms with Gasteiger partial charge in [-0.05, 0) is 36.4 Å². The highest BCUT2D eigenvalue weighted by Crippen LogP contribution is 2.30. The summed E-state index contributed by atoms with van der Waals surface area (Å²) in [7, 11) is -4.06. The van der Waals surface area contributed by atoms with E-state index in [2.05, 4.69) is 0 Å². The fraction of sp³-hybridized carbons (Fsp3) is 0.0714. The molecule has 35 heavy (non-hydrogen) atoms. The van der Waals surface area contributed by atoms with Crippen LogP contribution in [-0.4, -0.2) is 30.2 Å². The van der Waals surface area contributed by atoms with Gasteiger partial charge in [-0.25, -0.2) is 8.42 Å². The Morgan fingerprint density at radius 1 is 0.571 bits per heavy atom. The zero-order valence-corrected chi connectivity index (χ0v) is 19.4. The monoisotopic (exact) mass is 486 g/mol. The average molecular weight is 487 g/mol. The van der Waals surface area contributed by atoms with E-state index in [-0.39, 0.29) is 56.8 Å². The van der Waals surface area contributed by atoms with E-state index in [4.69, 9.17) is 0 Å². The maximum absolute atomic E-state index is 13.3. The Balaban J connectivity index is 1.63. The Morgan fingerprint density at radius 3 is 1.31 bits per heavy atom. The number of hydrogen-bond donors (Lipinski definition) is 2. The molecule has 0 spiro atoms. The molecule has 7 heteroatoms. The van der Waals surface area contributed by atoms with Gasteiger partial charge in [-0.15, -0.1) is 0 Å². The largest absolute Gasteiger partial charge is 0.508 e. The first-order valence-corrected chi connectivity index (χ1v) is 12.3. The van der Waals surface area contributed by atoms with Gasteiger partial charge in [0.15, 0.2) is 11.6 Å². The molecule has 0 unspecified atom stereocenters. The third-order valence-corrected chi connectivity index (χ3v) is 7.37. The normalized spacial score (nSPS) is 11.2. The predicted octanol–water partition coefficient (Wildman–Crippen LogP) is 4.78. The first-order chi connectivity index (χ1) is 16.8. The number of hydrogen-bond acceptors (Lipinski definition) is 6. The molecule has 0 aliphatic rings. The summed E-state index contributed by atoms with van der Waals surface area (Å²) in [5.41, 5.74) is 1.26. The Bertz CT molecular complexity index is 1380. The molecule has 6 nitrogen and oxygen atoms in total. The van der Waals surface area contributed by atoms with Crippen molar-refractivity contribution in [3.05, 3.63) is 119 Å². The van der Waals surface area contributed by atoms with Gasteiger partial charge in [0.05, 0.1) is 9.79 Å². The molecule has 2 N–H and O–H groups in total. The minimum atomic E-state index is -4.06. The molecule has 4 rings (SSSR count). The lowest BCUT2D eigenvalue weighted by Crippen LogP contribution is -2.08. The van der Waals surface area contributed by atoms with Crippen LogP contribution in [0.25, 0.3) is 0 Å². The van der Waals surface area contributed by atoms with E-state index < -0.39 is 9.84 Å². The second kappa shape index (κ2) is 9.95. The molecular weight excluding hydrogens is 464 g/mol. The first kappa shape index (κ1) is 23.9. The molecule has 0 radical (unpaired) electrons. The van der Waals surface area contributed by atoms with Crippen LogP contribution in [0.2, 0.25) is 0 Å². The molecule has 0 amide bonds. The summed E-state index contributed by atoms with van der Waals surface area (Å²) in [6.45, 7) is 0. The molecule has 0 saturated heterocycles. The molecule has 4 aromatic carbocycles. The lowest BCUT2D eigenvalue weighted by Gasteiger charge is -2.11. The van der Waals surface area contributed by atoms with Gasteiger partial charge in [0.25, 0.3) is 0 Å². The van der Waals surface area contributed by atoms with Gasteiger partial charge in [-0.2, -0.15) is 0 Å². The van der Waals surface area contributed by atoms with Gasteiger partial charge in [-0.3, -0.25) is 9.59 Å². The Hall–Kier alpha value is -4.23. The van der Waals surface area contributed by atoms with Crippen LogP contribution in [0, 0.1) is 0 Å². The number of phenols is 2. The SMILES string of the molecule is O=C(Cc1cc(S(=O)(=O)c2ccc(O)c(CC(=O)c3ccccc3)c2)ccc1O)c1ccccc1. The van der Waals surface area contributed by atoms with Crippen molar-refractivity contribution >= 4 is 21.4 Å². The summed E-state index contributed by atoms with van der Waals surface area (Å²) in [6.07, 6.45) is -0.350. The molecule has 0 fully saturated rings. The summed E-state index contributed by atoms with van der Waals surface area (Å²) in [6, 6.07) is 24.6. The molecular formula is C28H22O6S. The average Bonchev–Trinajstić information content (AvgIpc) is 2.87. The zero-order valence-electron chi connectivity index (χ0n) is 18.6. The topological polar surface area (TPSA) is 109 Å². The molecule has 0 saturated carbocycles. The standard InChI is InChI=1S/C28H22O6S/c29-25-13-11-23(15-21(25)17-27(31)19-7-3-1-4-8-19)35(33,34)24-12-14-26(30)22(16-24)18-28(32)20-9-5-2-6-10-20/h1-16,29-30H,17-18H2. The Kier molecular flexibility index (Phi) is 6.80. The highest BCUT2D eigenvalue weighted by molar-refractivity contribution is 7.91. The van der Waals surface area contributed by atoms with Crippen molar-refractivity contribution in [2.45, 2.75) is 22.6 Å². The molecule has 0 bridgehead atoms. The van der Waals surface area contributed by atoms with Gasteiger partial charge in [0.2, 0.25) is 9.84 Å². The Morgan fingerprint density at radius 2 is 0.943 bits per heavy atom. The van der Waals surface area contributed by atoms with Crippen molar-refractivity contribution in [2.75, 3.05) is 0 Å². The number of aromatic hydroxyl groups is 2. The van der Waals surface area contributed by atoms with Gasteiger partial charge in [0.1, 0.15) is 11.5 Å². The predicted molar refractivity (Wildman–Crippen MR) is 131 cm³/mol. The number of carbonyl (C=O) groups is 2. The van der Waals surface area contributed by atoms with Crippen molar-refractivity contribution in [3.8, 4) is 11.5 Å². The van der Waals surface area contributed by atoms with Crippen LogP contribution in [0.4, 0.5) is 0 Å². The second-order valence-electron chi connectivity index (χ2n) is 8.02. The lowest BCUT2D eigenvalue weighted by atomic mass is 10.0. The van der Waals surface area contributed by atoms with Crippen molar-refractivity contribution in [1.29, 1.82) is 0 Å². The van der Waals surface area contributed by atoms with Crippen LogP contribution < -0.4 is 0 Å². The zero-order chi connectivity index (χ0) is 25.0. The van der Waals surface area contributed by atoms with Crippen LogP contribution in [0.1, 0.15) is 31.8 Å². The lowest BCUT2D eigenvalue weighted by molar-refractivity contribution is 0.0984. The number of carbonyl (C=O) groups excluding carboxylic acids is 2. The van der Waals surface area contributed by atoms with Crippen LogP contribution in [-0.2, 0) is 22.7 Å². The first-order valence-electron chi connectivity index (χ1n) is 10.8. The summed E-state index contributed by atoms with van der Waals surface area (Å²) in [5.74, 6) is -0.898. The molecule has 0 aliphatic heterocycles. The van der Waals surface area contributed by atoms with E-state index in [9.17, 15) is 28.2 Å². The smallest absolute Gasteiger partial charge is 0.206 e. The quantitative estimate of drug-likeness (QED) is 0.347. The van der Waals surface area contributed by atoms with Crippen LogP contribution in [0.3, 0.4) is 0 Å². The molecule has 0 atom stereocenters. The fourth-order valence-corrected chi connectivity index (χ4v) is 5.04. The van der Waals surface area contributed by atoms with Crippen molar-refractivity contribution in [2.24, 2.45) is 0 Å². The molecule has 0 aliphatic carbocycles. The van der Waals surface area contributed by atoms with Crippen molar-refractivity contribution in [3.63, 3.8) is 0 Å². The number of benzene rings is 4. The maximum atomic E-state index is 13.3. The number of sulfone groups is 1. The van der Waals surface area contributed by atoms with Crippen LogP contribution in [0.15, 0.2) is 107 Å². The molecule has 0 aromatic heterocycles. The third kappa shape index (κ3) is 5.31. The molecule has 4 aromatic rings. The number of rotatable bonds is 8. The highest BCUT2D eigenvalue weighted by atomic mass is 32.2. The van der Waals surface area contributed by atoms with Gasteiger partial charge in [-0.1, -0.05) is 60.7 Å². The van der Waals surface area contributed by atoms with Gasteiger partial charge >= 0.3 is 0 Å². The summed E-state index contributed by atoms with van der Waals surface area (Å²) in [4.78, 5) is 24.9. The summed E-state index contributed by atoms with van der Waals surface area (Å²) in [5, 5.41) is 20.5. The van der Waals surface area contributed by atoms with Crippen molar-refractivity contribution < 1.29 is 28.2 Å². The molecule has 176 valence electrons. The van der Waals surface area contributed by atoms with Crippen molar-refractivity contribution in [1.82, 2.24) is 0 Å². The Labute approximate surface area is 203 Å². The minimum Gasteiger partial charge on any atom is -0.508 e. The fourth-order valence-electron chi connectivity index (χ4n) is 3.68. The van der Waals surface area contributed by atoms with E-state index in [0.717, 1.165) is 0 Å². The number of ketones is 2. The van der Waals surface area contributed by atoms with E-state index in [0.29, 0.717) is 11.1 Å². The van der Waals surface area contributed by atoms with Gasteiger partial charge < -0.3 is 10.2 Å². The summed E-state index contributed by atoms with van der Waals surface area (Å²) >= 11 is 0. The van der Waals surface area contributed by atoms with E-state index in [1.807, 2.05) is 0 Å².